The largest absolute Gasteiger partial charge is 0.491 e. The van der Waals surface area contributed by atoms with Gasteiger partial charge in [0.05, 0.1) is 12.1 Å². The molecule has 0 aliphatic carbocycles. The minimum absolute atomic E-state index is 0.115. The molecule has 0 saturated heterocycles. The van der Waals surface area contributed by atoms with Crippen LogP contribution in [0, 0.1) is 13.8 Å². The molecular formula is C18H20N4O2. The molecule has 1 N–H and O–H groups in total. The van der Waals surface area contributed by atoms with Crippen LogP contribution in [0.1, 0.15) is 11.1 Å². The van der Waals surface area contributed by atoms with Gasteiger partial charge in [0.2, 0.25) is 5.91 Å². The first-order valence-corrected chi connectivity index (χ1v) is 7.89. The molecule has 0 radical (unpaired) electrons. The van der Waals surface area contributed by atoms with E-state index in [-0.39, 0.29) is 12.5 Å². The number of carbonyl (C=O) groups is 1. The van der Waals surface area contributed by atoms with Crippen LogP contribution >= 0.6 is 0 Å². The highest BCUT2D eigenvalue weighted by Gasteiger charge is 2.08. The summed E-state index contributed by atoms with van der Waals surface area (Å²) >= 11 is 0. The van der Waals surface area contributed by atoms with Crippen LogP contribution < -0.4 is 10.1 Å². The molecule has 0 atom stereocenters. The smallest absolute Gasteiger partial charge is 0.241 e. The number of nitrogens with zero attached hydrogens (tertiary/aromatic N) is 3. The van der Waals surface area contributed by atoms with Gasteiger partial charge in [-0.25, -0.2) is 4.68 Å². The number of aromatic nitrogens is 3. The lowest BCUT2D eigenvalue weighted by molar-refractivity contribution is -0.121. The van der Waals surface area contributed by atoms with Gasteiger partial charge in [0, 0.05) is 0 Å². The maximum atomic E-state index is 12.0. The van der Waals surface area contributed by atoms with E-state index in [0.717, 1.165) is 27.9 Å². The molecule has 0 spiro atoms. The molecule has 124 valence electrons. The SMILES string of the molecule is Cc1cccc(C)c1OCCNC(=O)Cn1nnc2ccccc21. The van der Waals surface area contributed by atoms with Crippen LogP contribution in [0.4, 0.5) is 0 Å². The highest BCUT2D eigenvalue weighted by atomic mass is 16.5. The molecule has 24 heavy (non-hydrogen) atoms. The number of benzene rings is 2. The van der Waals surface area contributed by atoms with Crippen LogP contribution in [0.2, 0.25) is 0 Å². The monoisotopic (exact) mass is 324 g/mol. The maximum Gasteiger partial charge on any atom is 0.241 e. The molecule has 0 fully saturated rings. The molecule has 1 heterocycles. The first-order valence-electron chi connectivity index (χ1n) is 7.89. The summed E-state index contributed by atoms with van der Waals surface area (Å²) in [5, 5.41) is 10.9. The van der Waals surface area contributed by atoms with E-state index < -0.39 is 0 Å². The molecule has 1 amide bonds. The molecule has 6 nitrogen and oxygen atoms in total. The number of hydrogen-bond donors (Lipinski definition) is 1. The van der Waals surface area contributed by atoms with Gasteiger partial charge >= 0.3 is 0 Å². The zero-order valence-electron chi connectivity index (χ0n) is 13.8. The Morgan fingerprint density at radius 3 is 2.67 bits per heavy atom. The normalized spacial score (nSPS) is 10.8. The number of fused-ring (bicyclic) bond motifs is 1. The van der Waals surface area contributed by atoms with Crippen LogP contribution in [-0.4, -0.2) is 34.1 Å². The molecule has 0 aliphatic rings. The topological polar surface area (TPSA) is 69.0 Å². The van der Waals surface area contributed by atoms with Crippen molar-refractivity contribution in [2.24, 2.45) is 0 Å². The van der Waals surface area contributed by atoms with E-state index in [0.29, 0.717) is 13.2 Å². The lowest BCUT2D eigenvalue weighted by Gasteiger charge is -2.12. The van der Waals surface area contributed by atoms with Crippen LogP contribution in [0.25, 0.3) is 11.0 Å². The third-order valence-corrected chi connectivity index (χ3v) is 3.79. The molecule has 1 aromatic heterocycles. The minimum atomic E-state index is -0.115. The van der Waals surface area contributed by atoms with Crippen molar-refractivity contribution in [3.63, 3.8) is 0 Å². The van der Waals surface area contributed by atoms with E-state index in [1.165, 1.54) is 0 Å². The molecule has 6 heteroatoms. The summed E-state index contributed by atoms with van der Waals surface area (Å²) < 4.78 is 7.37. The number of carbonyl (C=O) groups excluding carboxylic acids is 1. The van der Waals surface area contributed by atoms with Crippen molar-refractivity contribution in [2.75, 3.05) is 13.2 Å². The van der Waals surface area contributed by atoms with E-state index in [4.69, 9.17) is 4.74 Å². The van der Waals surface area contributed by atoms with Crippen molar-refractivity contribution in [3.8, 4) is 5.75 Å². The van der Waals surface area contributed by atoms with Crippen LogP contribution in [0.15, 0.2) is 42.5 Å². The number of amides is 1. The summed E-state index contributed by atoms with van der Waals surface area (Å²) in [5.41, 5.74) is 3.81. The second kappa shape index (κ2) is 7.12. The lowest BCUT2D eigenvalue weighted by atomic mass is 10.1. The first kappa shape index (κ1) is 16.0. The lowest BCUT2D eigenvalue weighted by Crippen LogP contribution is -2.31. The van der Waals surface area contributed by atoms with Gasteiger partial charge in [-0.3, -0.25) is 4.79 Å². The number of rotatable bonds is 6. The van der Waals surface area contributed by atoms with E-state index in [9.17, 15) is 4.79 Å². The standard InChI is InChI=1S/C18H20N4O2/c1-13-6-5-7-14(2)18(13)24-11-10-19-17(23)12-22-16-9-4-3-8-15(16)20-21-22/h3-9H,10-12H2,1-2H3,(H,19,23). The van der Waals surface area contributed by atoms with Crippen molar-refractivity contribution >= 4 is 16.9 Å². The van der Waals surface area contributed by atoms with Gasteiger partial charge in [0.1, 0.15) is 24.4 Å². The van der Waals surface area contributed by atoms with Crippen molar-refractivity contribution in [1.29, 1.82) is 0 Å². The Kier molecular flexibility index (Phi) is 4.74. The van der Waals surface area contributed by atoms with Crippen molar-refractivity contribution in [3.05, 3.63) is 53.6 Å². The van der Waals surface area contributed by atoms with Crippen molar-refractivity contribution in [1.82, 2.24) is 20.3 Å². The van der Waals surface area contributed by atoms with Gasteiger partial charge in [-0.15, -0.1) is 5.10 Å². The van der Waals surface area contributed by atoms with E-state index >= 15 is 0 Å². The van der Waals surface area contributed by atoms with Gasteiger partial charge in [-0.05, 0) is 37.1 Å². The second-order valence-corrected chi connectivity index (χ2v) is 5.66. The van der Waals surface area contributed by atoms with E-state index in [1.807, 2.05) is 56.3 Å². The summed E-state index contributed by atoms with van der Waals surface area (Å²) in [6.45, 7) is 5.03. The Morgan fingerprint density at radius 1 is 1.12 bits per heavy atom. The molecule has 3 aromatic rings. The number of nitrogens with one attached hydrogen (secondary N) is 1. The first-order chi connectivity index (χ1) is 11.6. The number of para-hydroxylation sites is 2. The molecule has 2 aromatic carbocycles. The third kappa shape index (κ3) is 3.53. The number of aryl methyl sites for hydroxylation is 2. The Hall–Kier alpha value is -2.89. The van der Waals surface area contributed by atoms with Gasteiger partial charge < -0.3 is 10.1 Å². The van der Waals surface area contributed by atoms with Gasteiger partial charge in [0.25, 0.3) is 0 Å². The number of hydrogen-bond acceptors (Lipinski definition) is 4. The van der Waals surface area contributed by atoms with Crippen LogP contribution in [0.5, 0.6) is 5.75 Å². The fourth-order valence-corrected chi connectivity index (χ4v) is 2.60. The zero-order chi connectivity index (χ0) is 16.9. The Balaban J connectivity index is 1.49. The summed E-state index contributed by atoms with van der Waals surface area (Å²) in [7, 11) is 0. The highest BCUT2D eigenvalue weighted by Crippen LogP contribution is 2.21. The predicted octanol–water partition coefficient (Wildman–Crippen LogP) is 2.24. The second-order valence-electron chi connectivity index (χ2n) is 5.66. The summed E-state index contributed by atoms with van der Waals surface area (Å²) in [4.78, 5) is 12.0. The van der Waals surface area contributed by atoms with Crippen LogP contribution in [-0.2, 0) is 11.3 Å². The molecule has 0 bridgehead atoms. The third-order valence-electron chi connectivity index (χ3n) is 3.79. The predicted molar refractivity (Wildman–Crippen MR) is 91.9 cm³/mol. The summed E-state index contributed by atoms with van der Waals surface area (Å²) in [5.74, 6) is 0.768. The molecular weight excluding hydrogens is 304 g/mol. The highest BCUT2D eigenvalue weighted by molar-refractivity contribution is 5.79. The Bertz CT molecular complexity index is 837. The molecule has 3 rings (SSSR count). The van der Waals surface area contributed by atoms with Crippen molar-refractivity contribution < 1.29 is 9.53 Å². The summed E-state index contributed by atoms with van der Waals surface area (Å²) in [6.07, 6.45) is 0. The molecule has 0 aliphatic heterocycles. The van der Waals surface area contributed by atoms with Crippen molar-refractivity contribution in [2.45, 2.75) is 20.4 Å². The molecule has 0 saturated carbocycles. The average molecular weight is 324 g/mol. The van der Waals surface area contributed by atoms with Gasteiger partial charge in [-0.2, -0.15) is 0 Å². The fourth-order valence-electron chi connectivity index (χ4n) is 2.60. The summed E-state index contributed by atoms with van der Waals surface area (Å²) in [6, 6.07) is 13.6. The minimum Gasteiger partial charge on any atom is -0.491 e. The molecule has 0 unspecified atom stereocenters. The quantitative estimate of drug-likeness (QED) is 0.706. The van der Waals surface area contributed by atoms with Gasteiger partial charge in [0.15, 0.2) is 0 Å². The van der Waals surface area contributed by atoms with E-state index in [1.54, 1.807) is 4.68 Å². The Morgan fingerprint density at radius 2 is 1.88 bits per heavy atom. The maximum absolute atomic E-state index is 12.0. The van der Waals surface area contributed by atoms with Crippen LogP contribution in [0.3, 0.4) is 0 Å². The fraction of sp³-hybridized carbons (Fsp3) is 0.278. The average Bonchev–Trinajstić information content (AvgIpc) is 2.97. The number of ether oxygens (including phenoxy) is 1. The zero-order valence-corrected chi connectivity index (χ0v) is 13.8. The Labute approximate surface area is 140 Å². The van der Waals surface area contributed by atoms with E-state index in [2.05, 4.69) is 15.6 Å². The van der Waals surface area contributed by atoms with Gasteiger partial charge in [-0.1, -0.05) is 35.5 Å².